The molecule has 0 saturated heterocycles. The molecule has 2 heterocycles. The van der Waals surface area contributed by atoms with Gasteiger partial charge in [-0.15, -0.1) is 0 Å². The Morgan fingerprint density at radius 1 is 1.08 bits per heavy atom. The summed E-state index contributed by atoms with van der Waals surface area (Å²) in [5, 5.41) is 9.93. The third kappa shape index (κ3) is 5.08. The number of thiazole rings is 1. The van der Waals surface area contributed by atoms with E-state index in [1.165, 1.54) is 29.2 Å². The number of ether oxygens (including phenoxy) is 1. The second kappa shape index (κ2) is 10.2. The average molecular weight is 502 g/mol. The van der Waals surface area contributed by atoms with Crippen molar-refractivity contribution in [2.45, 2.75) is 13.0 Å². The van der Waals surface area contributed by atoms with Gasteiger partial charge in [0.2, 0.25) is 0 Å². The zero-order valence-corrected chi connectivity index (χ0v) is 20.4. The van der Waals surface area contributed by atoms with Crippen molar-refractivity contribution in [1.29, 1.82) is 0 Å². The maximum atomic E-state index is 14.4. The molecule has 0 saturated carbocycles. The van der Waals surface area contributed by atoms with Gasteiger partial charge in [-0.05, 0) is 53.4 Å². The summed E-state index contributed by atoms with van der Waals surface area (Å²) in [6, 6.07) is 22.5. The molecule has 0 unspecified atom stereocenters. The first-order valence-electron chi connectivity index (χ1n) is 11.4. The van der Waals surface area contributed by atoms with Crippen LogP contribution in [0.5, 0.6) is 5.75 Å². The number of aromatic carboxylic acids is 1. The predicted molar refractivity (Wildman–Crippen MR) is 141 cm³/mol. The smallest absolute Gasteiger partial charge is 0.337 e. The Morgan fingerprint density at radius 2 is 1.83 bits per heavy atom. The molecule has 0 spiro atoms. The van der Waals surface area contributed by atoms with Crippen LogP contribution in [0.3, 0.4) is 0 Å². The van der Waals surface area contributed by atoms with Crippen LogP contribution in [0.2, 0.25) is 0 Å². The van der Waals surface area contributed by atoms with Crippen LogP contribution in [-0.4, -0.2) is 34.7 Å². The van der Waals surface area contributed by atoms with Gasteiger partial charge < -0.3 is 19.7 Å². The number of benzene rings is 3. The summed E-state index contributed by atoms with van der Waals surface area (Å²) in [5.41, 5.74) is 4.76. The summed E-state index contributed by atoms with van der Waals surface area (Å²) in [5.74, 6) is -0.411. The lowest BCUT2D eigenvalue weighted by atomic mass is 10.1. The van der Waals surface area contributed by atoms with Gasteiger partial charge in [-0.3, -0.25) is 0 Å². The lowest BCUT2D eigenvalue weighted by molar-refractivity contribution is 0.0697. The van der Waals surface area contributed by atoms with Crippen LogP contribution in [0.25, 0.3) is 21.5 Å². The van der Waals surface area contributed by atoms with Crippen LogP contribution >= 0.6 is 11.3 Å². The van der Waals surface area contributed by atoms with Crippen LogP contribution in [0.1, 0.15) is 21.5 Å². The Balaban J connectivity index is 1.39. The highest BCUT2D eigenvalue weighted by molar-refractivity contribution is 7.22. The molecule has 0 fully saturated rings. The molecule has 3 aromatic carbocycles. The van der Waals surface area contributed by atoms with Crippen LogP contribution < -0.4 is 9.64 Å². The first-order chi connectivity index (χ1) is 17.5. The summed E-state index contributed by atoms with van der Waals surface area (Å²) >= 11 is 1.36. The van der Waals surface area contributed by atoms with E-state index in [0.29, 0.717) is 23.3 Å². The maximum absolute atomic E-state index is 14.4. The number of carbonyl (C=O) groups is 1. The summed E-state index contributed by atoms with van der Waals surface area (Å²) < 4.78 is 20.2. The number of methoxy groups -OCH3 is 1. The Labute approximate surface area is 211 Å². The molecule has 36 heavy (non-hydrogen) atoms. The van der Waals surface area contributed by atoms with E-state index in [0.717, 1.165) is 34.1 Å². The number of aromatic amines is 1. The van der Waals surface area contributed by atoms with E-state index < -0.39 is 5.97 Å². The molecule has 8 heteroatoms. The largest absolute Gasteiger partial charge is 0.497 e. The third-order valence-corrected chi connectivity index (χ3v) is 7.16. The van der Waals surface area contributed by atoms with Gasteiger partial charge in [0.15, 0.2) is 5.13 Å². The Bertz CT molecular complexity index is 1490. The second-order valence-electron chi connectivity index (χ2n) is 8.41. The SMILES string of the molecule is COc1ccc(CCN(Cc2ccc(-c3cc(C(=O)O)c[nH]3)cc2)c2nc3cccc(F)c3s2)cc1. The molecule has 0 radical (unpaired) electrons. The van der Waals surface area contributed by atoms with Crippen molar-refractivity contribution in [2.24, 2.45) is 0 Å². The fourth-order valence-electron chi connectivity index (χ4n) is 4.03. The molecule has 0 aliphatic rings. The standard InChI is InChI=1S/C28H24FN3O3S/c1-35-22-11-7-18(8-12-22)13-14-32(28-31-24-4-2-3-23(29)26(24)36-28)17-19-5-9-20(10-6-19)25-15-21(16-30-25)27(33)34/h2-12,15-16,30H,13-14,17H2,1H3,(H,33,34). The monoisotopic (exact) mass is 501 g/mol. The van der Waals surface area contributed by atoms with E-state index in [-0.39, 0.29) is 11.4 Å². The molecular formula is C28H24FN3O3S. The average Bonchev–Trinajstić information content (AvgIpc) is 3.56. The summed E-state index contributed by atoms with van der Waals surface area (Å²) in [6.45, 7) is 1.30. The van der Waals surface area contributed by atoms with E-state index in [2.05, 4.69) is 9.88 Å². The van der Waals surface area contributed by atoms with E-state index in [4.69, 9.17) is 14.8 Å². The molecule has 5 rings (SSSR count). The van der Waals surface area contributed by atoms with Crippen molar-refractivity contribution in [1.82, 2.24) is 9.97 Å². The number of anilines is 1. The number of carboxylic acid groups (broad SMARTS) is 1. The first-order valence-corrected chi connectivity index (χ1v) is 12.3. The number of nitrogens with one attached hydrogen (secondary N) is 1. The van der Waals surface area contributed by atoms with Gasteiger partial charge in [-0.1, -0.05) is 53.8 Å². The molecule has 2 aromatic heterocycles. The van der Waals surface area contributed by atoms with Gasteiger partial charge in [0.05, 0.1) is 22.9 Å². The molecule has 182 valence electrons. The van der Waals surface area contributed by atoms with E-state index in [1.54, 1.807) is 19.2 Å². The molecule has 0 bridgehead atoms. The minimum atomic E-state index is -0.964. The van der Waals surface area contributed by atoms with Crippen molar-refractivity contribution in [3.8, 4) is 17.0 Å². The highest BCUT2D eigenvalue weighted by Crippen LogP contribution is 2.32. The van der Waals surface area contributed by atoms with Crippen molar-refractivity contribution in [3.05, 3.63) is 102 Å². The van der Waals surface area contributed by atoms with E-state index >= 15 is 0 Å². The lowest BCUT2D eigenvalue weighted by Crippen LogP contribution is -2.25. The molecular weight excluding hydrogens is 477 g/mol. The molecule has 6 nitrogen and oxygen atoms in total. The highest BCUT2D eigenvalue weighted by atomic mass is 32.1. The number of fused-ring (bicyclic) bond motifs is 1. The number of hydrogen-bond donors (Lipinski definition) is 2. The van der Waals surface area contributed by atoms with Crippen molar-refractivity contribution in [3.63, 3.8) is 0 Å². The Kier molecular flexibility index (Phi) is 6.69. The summed E-state index contributed by atoms with van der Waals surface area (Å²) in [6.07, 6.45) is 2.28. The first kappa shape index (κ1) is 23.6. The van der Waals surface area contributed by atoms with Crippen molar-refractivity contribution in [2.75, 3.05) is 18.6 Å². The fraction of sp³-hybridized carbons (Fsp3) is 0.143. The topological polar surface area (TPSA) is 78.5 Å². The van der Waals surface area contributed by atoms with Crippen molar-refractivity contribution < 1.29 is 19.0 Å². The van der Waals surface area contributed by atoms with Crippen LogP contribution in [-0.2, 0) is 13.0 Å². The lowest BCUT2D eigenvalue weighted by Gasteiger charge is -2.22. The number of carboxylic acids is 1. The van der Waals surface area contributed by atoms with Crippen LogP contribution in [0.4, 0.5) is 9.52 Å². The number of H-pyrrole nitrogens is 1. The summed E-state index contributed by atoms with van der Waals surface area (Å²) in [4.78, 5) is 21.1. The quantitative estimate of drug-likeness (QED) is 0.245. The third-order valence-electron chi connectivity index (χ3n) is 6.02. The molecule has 0 aliphatic heterocycles. The predicted octanol–water partition coefficient (Wildman–Crippen LogP) is 6.39. The zero-order valence-electron chi connectivity index (χ0n) is 19.6. The van der Waals surface area contributed by atoms with E-state index in [1.807, 2.05) is 54.6 Å². The number of aromatic nitrogens is 2. The van der Waals surface area contributed by atoms with Gasteiger partial charge in [-0.2, -0.15) is 0 Å². The Hall–Kier alpha value is -4.17. The zero-order chi connectivity index (χ0) is 25.1. The van der Waals surface area contributed by atoms with Gasteiger partial charge in [-0.25, -0.2) is 14.2 Å². The van der Waals surface area contributed by atoms with Crippen molar-refractivity contribution >= 4 is 32.7 Å². The van der Waals surface area contributed by atoms with Gasteiger partial charge in [0.1, 0.15) is 11.6 Å². The molecule has 0 amide bonds. The molecule has 0 atom stereocenters. The van der Waals surface area contributed by atoms with Crippen LogP contribution in [0, 0.1) is 5.82 Å². The molecule has 0 aliphatic carbocycles. The number of rotatable bonds is 9. The number of hydrogen-bond acceptors (Lipinski definition) is 5. The Morgan fingerprint density at radius 3 is 2.50 bits per heavy atom. The van der Waals surface area contributed by atoms with Crippen LogP contribution in [0.15, 0.2) is 79.0 Å². The number of nitrogens with zero attached hydrogens (tertiary/aromatic N) is 2. The minimum absolute atomic E-state index is 0.224. The number of halogens is 1. The van der Waals surface area contributed by atoms with Gasteiger partial charge >= 0.3 is 5.97 Å². The van der Waals surface area contributed by atoms with E-state index in [9.17, 15) is 9.18 Å². The molecule has 5 aromatic rings. The summed E-state index contributed by atoms with van der Waals surface area (Å²) in [7, 11) is 1.65. The normalized spacial score (nSPS) is 11.1. The second-order valence-corrected chi connectivity index (χ2v) is 9.39. The van der Waals surface area contributed by atoms with Gasteiger partial charge in [0.25, 0.3) is 0 Å². The highest BCUT2D eigenvalue weighted by Gasteiger charge is 2.16. The molecule has 2 N–H and O–H groups in total. The van der Waals surface area contributed by atoms with Gasteiger partial charge in [0, 0.05) is 25.0 Å². The maximum Gasteiger partial charge on any atom is 0.337 e. The fourth-order valence-corrected chi connectivity index (χ4v) is 5.03. The minimum Gasteiger partial charge on any atom is -0.497 e.